The van der Waals surface area contributed by atoms with Gasteiger partial charge in [-0.15, -0.1) is 10.2 Å². The van der Waals surface area contributed by atoms with Crippen molar-refractivity contribution in [1.82, 2.24) is 14.8 Å². The van der Waals surface area contributed by atoms with Crippen molar-refractivity contribution < 1.29 is 4.79 Å². The summed E-state index contributed by atoms with van der Waals surface area (Å²) in [5.41, 5.74) is 2.34. The molecule has 0 saturated carbocycles. The summed E-state index contributed by atoms with van der Waals surface area (Å²) >= 11 is 3.38. The van der Waals surface area contributed by atoms with Crippen molar-refractivity contribution in [3.05, 3.63) is 64.4 Å². The highest BCUT2D eigenvalue weighted by Gasteiger charge is 2.16. The van der Waals surface area contributed by atoms with E-state index in [2.05, 4.69) is 36.0 Å². The minimum absolute atomic E-state index is 0.130. The number of aromatic nitrogens is 3. The molecular weight excluding hydrogens is 392 g/mol. The van der Waals surface area contributed by atoms with Crippen LogP contribution in [0.5, 0.6) is 0 Å². The molecule has 0 saturated heterocycles. The van der Waals surface area contributed by atoms with E-state index in [1.54, 1.807) is 12.1 Å². The summed E-state index contributed by atoms with van der Waals surface area (Å²) in [6.45, 7) is 0.952. The first-order chi connectivity index (χ1) is 12.7. The normalized spacial score (nSPS) is 13.7. The van der Waals surface area contributed by atoms with E-state index in [0.29, 0.717) is 5.56 Å². The number of carbonyl (C=O) groups excluding carboxylic acids is 1. The molecule has 132 valence electrons. The van der Waals surface area contributed by atoms with Crippen LogP contribution in [0, 0.1) is 0 Å². The molecule has 1 aliphatic rings. The first kappa shape index (κ1) is 17.0. The maximum atomic E-state index is 12.4. The molecule has 0 aliphatic carbocycles. The summed E-state index contributed by atoms with van der Waals surface area (Å²) in [7, 11) is 0. The van der Waals surface area contributed by atoms with E-state index < -0.39 is 0 Å². The van der Waals surface area contributed by atoms with Gasteiger partial charge in [0.2, 0.25) is 0 Å². The highest BCUT2D eigenvalue weighted by atomic mass is 79.9. The number of halogens is 1. The van der Waals surface area contributed by atoms with Crippen LogP contribution in [0.15, 0.2) is 53.0 Å². The van der Waals surface area contributed by atoms with Gasteiger partial charge in [-0.2, -0.15) is 0 Å². The van der Waals surface area contributed by atoms with Crippen molar-refractivity contribution in [2.45, 2.75) is 32.2 Å². The van der Waals surface area contributed by atoms with E-state index in [-0.39, 0.29) is 5.91 Å². The molecule has 0 fully saturated rings. The Morgan fingerprint density at radius 2 is 1.88 bits per heavy atom. The van der Waals surface area contributed by atoms with Crippen LogP contribution in [0.25, 0.3) is 11.4 Å². The van der Waals surface area contributed by atoms with E-state index >= 15 is 0 Å². The lowest BCUT2D eigenvalue weighted by Crippen LogP contribution is -2.11. The Bertz CT molecular complexity index is 933. The quantitative estimate of drug-likeness (QED) is 0.681. The van der Waals surface area contributed by atoms with Gasteiger partial charge in [-0.1, -0.05) is 34.5 Å². The van der Waals surface area contributed by atoms with Gasteiger partial charge in [0.05, 0.1) is 0 Å². The topological polar surface area (TPSA) is 59.8 Å². The van der Waals surface area contributed by atoms with Gasteiger partial charge < -0.3 is 9.88 Å². The van der Waals surface area contributed by atoms with Crippen molar-refractivity contribution in [2.75, 3.05) is 5.32 Å². The Balaban J connectivity index is 1.58. The van der Waals surface area contributed by atoms with Crippen LogP contribution in [0.3, 0.4) is 0 Å². The van der Waals surface area contributed by atoms with Gasteiger partial charge in [-0.25, -0.2) is 0 Å². The molecule has 1 N–H and O–H groups in total. The maximum absolute atomic E-state index is 12.4. The third kappa shape index (κ3) is 3.55. The number of aryl methyl sites for hydroxylation is 1. The first-order valence-electron chi connectivity index (χ1n) is 8.80. The smallest absolute Gasteiger partial charge is 0.255 e. The zero-order valence-corrected chi connectivity index (χ0v) is 15.9. The van der Waals surface area contributed by atoms with Gasteiger partial charge in [-0.05, 0) is 49.2 Å². The molecule has 5 nitrogen and oxygen atoms in total. The first-order valence-corrected chi connectivity index (χ1v) is 9.59. The number of rotatable bonds is 3. The number of nitrogens with zero attached hydrogens (tertiary/aromatic N) is 3. The molecule has 6 heteroatoms. The molecule has 0 unspecified atom stereocenters. The fourth-order valence-corrected chi connectivity index (χ4v) is 3.50. The van der Waals surface area contributed by atoms with Crippen LogP contribution in [0.4, 0.5) is 5.69 Å². The number of fused-ring (bicyclic) bond motifs is 1. The Labute approximate surface area is 160 Å². The summed E-state index contributed by atoms with van der Waals surface area (Å²) in [6, 6.07) is 15.1. The zero-order chi connectivity index (χ0) is 17.9. The van der Waals surface area contributed by atoms with Crippen molar-refractivity contribution in [3.8, 4) is 11.4 Å². The van der Waals surface area contributed by atoms with Gasteiger partial charge in [0.15, 0.2) is 5.82 Å². The average Bonchev–Trinajstić information content (AvgIpc) is 2.91. The molecule has 0 spiro atoms. The Kier molecular flexibility index (Phi) is 4.84. The fraction of sp³-hybridized carbons (Fsp3) is 0.250. The van der Waals surface area contributed by atoms with Crippen molar-refractivity contribution in [3.63, 3.8) is 0 Å². The monoisotopic (exact) mass is 410 g/mol. The molecule has 1 aliphatic heterocycles. The van der Waals surface area contributed by atoms with Gasteiger partial charge in [0.25, 0.3) is 5.91 Å². The number of hydrogen-bond acceptors (Lipinski definition) is 3. The number of amides is 1. The van der Waals surface area contributed by atoms with E-state index in [4.69, 9.17) is 0 Å². The fourth-order valence-electron chi connectivity index (χ4n) is 3.24. The second-order valence-corrected chi connectivity index (χ2v) is 7.36. The predicted molar refractivity (Wildman–Crippen MR) is 105 cm³/mol. The molecule has 2 aromatic carbocycles. The molecule has 1 aromatic heterocycles. The SMILES string of the molecule is O=C(Nc1cccc(-c2nnc3n2CCCCC3)c1)c1ccc(Br)cc1. The number of anilines is 1. The average molecular weight is 411 g/mol. The highest BCUT2D eigenvalue weighted by molar-refractivity contribution is 9.10. The lowest BCUT2D eigenvalue weighted by molar-refractivity contribution is 0.102. The Morgan fingerprint density at radius 3 is 2.73 bits per heavy atom. The molecule has 4 rings (SSSR count). The second kappa shape index (κ2) is 7.41. The van der Waals surface area contributed by atoms with Crippen LogP contribution in [-0.4, -0.2) is 20.7 Å². The summed E-state index contributed by atoms with van der Waals surface area (Å²) in [6.07, 6.45) is 4.53. The molecule has 0 bridgehead atoms. The largest absolute Gasteiger partial charge is 0.322 e. The van der Waals surface area contributed by atoms with E-state index in [9.17, 15) is 4.79 Å². The standard InChI is InChI=1S/C20H19BrN4O/c21-16-10-8-14(9-11-16)20(26)22-17-6-4-5-15(13-17)19-24-23-18-7-2-1-3-12-25(18)19/h4-6,8-11,13H,1-3,7,12H2,(H,22,26). The van der Waals surface area contributed by atoms with Crippen LogP contribution in [-0.2, 0) is 13.0 Å². The zero-order valence-electron chi connectivity index (χ0n) is 14.3. The highest BCUT2D eigenvalue weighted by Crippen LogP contribution is 2.25. The third-order valence-corrected chi connectivity index (χ3v) is 5.12. The van der Waals surface area contributed by atoms with E-state index in [0.717, 1.165) is 46.8 Å². The summed E-state index contributed by atoms with van der Waals surface area (Å²) < 4.78 is 3.16. The second-order valence-electron chi connectivity index (χ2n) is 6.44. The number of benzene rings is 2. The van der Waals surface area contributed by atoms with Gasteiger partial charge in [0, 0.05) is 34.3 Å². The minimum atomic E-state index is -0.130. The van der Waals surface area contributed by atoms with Crippen LogP contribution >= 0.6 is 15.9 Å². The summed E-state index contributed by atoms with van der Waals surface area (Å²) in [5.74, 6) is 1.80. The van der Waals surface area contributed by atoms with Crippen LogP contribution < -0.4 is 5.32 Å². The summed E-state index contributed by atoms with van der Waals surface area (Å²) in [5, 5.41) is 11.7. The third-order valence-electron chi connectivity index (χ3n) is 4.59. The number of carbonyl (C=O) groups is 1. The molecule has 2 heterocycles. The maximum Gasteiger partial charge on any atom is 0.255 e. The molecule has 3 aromatic rings. The van der Waals surface area contributed by atoms with Crippen molar-refractivity contribution in [2.24, 2.45) is 0 Å². The molecule has 26 heavy (non-hydrogen) atoms. The van der Waals surface area contributed by atoms with Crippen molar-refractivity contribution >= 4 is 27.5 Å². The number of hydrogen-bond donors (Lipinski definition) is 1. The van der Waals surface area contributed by atoms with E-state index in [1.165, 1.54) is 12.8 Å². The summed E-state index contributed by atoms with van der Waals surface area (Å²) in [4.78, 5) is 12.4. The lowest BCUT2D eigenvalue weighted by atomic mass is 10.1. The van der Waals surface area contributed by atoms with Crippen molar-refractivity contribution in [1.29, 1.82) is 0 Å². The Morgan fingerprint density at radius 1 is 1.04 bits per heavy atom. The van der Waals surface area contributed by atoms with Crippen LogP contribution in [0.1, 0.15) is 35.4 Å². The van der Waals surface area contributed by atoms with E-state index in [1.807, 2.05) is 36.4 Å². The molecular formula is C20H19BrN4O. The van der Waals surface area contributed by atoms with Gasteiger partial charge >= 0.3 is 0 Å². The van der Waals surface area contributed by atoms with Crippen LogP contribution in [0.2, 0.25) is 0 Å². The minimum Gasteiger partial charge on any atom is -0.322 e. The molecule has 1 amide bonds. The molecule has 0 atom stereocenters. The molecule has 0 radical (unpaired) electrons. The Hall–Kier alpha value is -2.47. The lowest BCUT2D eigenvalue weighted by Gasteiger charge is -2.09. The number of nitrogens with one attached hydrogen (secondary N) is 1. The van der Waals surface area contributed by atoms with Gasteiger partial charge in [-0.3, -0.25) is 4.79 Å². The predicted octanol–water partition coefficient (Wildman–Crippen LogP) is 4.69. The van der Waals surface area contributed by atoms with Gasteiger partial charge in [0.1, 0.15) is 5.82 Å².